The summed E-state index contributed by atoms with van der Waals surface area (Å²) in [4.78, 5) is 14.5. The molecule has 0 fully saturated rings. The van der Waals surface area contributed by atoms with Crippen molar-refractivity contribution in [3.63, 3.8) is 0 Å². The van der Waals surface area contributed by atoms with Gasteiger partial charge in [-0.05, 0) is 49.1 Å². The van der Waals surface area contributed by atoms with Gasteiger partial charge in [-0.1, -0.05) is 19.4 Å². The summed E-state index contributed by atoms with van der Waals surface area (Å²) in [5, 5.41) is 5.91. The number of nitrogens with one attached hydrogen (secondary N) is 1. The van der Waals surface area contributed by atoms with Crippen LogP contribution in [-0.4, -0.2) is 37.3 Å². The van der Waals surface area contributed by atoms with Gasteiger partial charge in [0.05, 0.1) is 10.9 Å². The summed E-state index contributed by atoms with van der Waals surface area (Å²) >= 11 is 1.64. The van der Waals surface area contributed by atoms with Crippen LogP contribution in [0.4, 0.5) is 0 Å². The number of sulfonamides is 1. The molecule has 1 amide bonds. The molecular formula is C21H27N3O3S2. The Kier molecular flexibility index (Phi) is 6.45. The van der Waals surface area contributed by atoms with Crippen molar-refractivity contribution in [2.75, 3.05) is 14.1 Å². The molecule has 2 heterocycles. The summed E-state index contributed by atoms with van der Waals surface area (Å²) in [5.74, 6) is -0.146. The number of nitrogens with zero attached hydrogens (tertiary/aromatic N) is 2. The van der Waals surface area contributed by atoms with Gasteiger partial charge in [-0.15, -0.1) is 11.3 Å². The second-order valence-electron chi connectivity index (χ2n) is 7.11. The minimum Gasteiger partial charge on any atom is -0.343 e. The summed E-state index contributed by atoms with van der Waals surface area (Å²) in [6, 6.07) is 10.8. The van der Waals surface area contributed by atoms with Crippen LogP contribution < -0.4 is 5.32 Å². The van der Waals surface area contributed by atoms with Crippen LogP contribution in [0.25, 0.3) is 10.9 Å². The monoisotopic (exact) mass is 433 g/mol. The quantitative estimate of drug-likeness (QED) is 0.577. The Morgan fingerprint density at radius 3 is 2.55 bits per heavy atom. The fourth-order valence-electron chi connectivity index (χ4n) is 3.45. The molecule has 1 atom stereocenters. The van der Waals surface area contributed by atoms with E-state index in [1.807, 2.05) is 29.0 Å². The van der Waals surface area contributed by atoms with Crippen molar-refractivity contribution in [1.29, 1.82) is 0 Å². The molecule has 29 heavy (non-hydrogen) atoms. The number of hydrogen-bond acceptors (Lipinski definition) is 4. The lowest BCUT2D eigenvalue weighted by molar-refractivity contribution is 0.0926. The lowest BCUT2D eigenvalue weighted by Gasteiger charge is -2.17. The van der Waals surface area contributed by atoms with E-state index >= 15 is 0 Å². The molecule has 0 aliphatic heterocycles. The van der Waals surface area contributed by atoms with Crippen LogP contribution in [-0.2, 0) is 16.6 Å². The second-order valence-corrected chi connectivity index (χ2v) is 10.2. The minimum absolute atomic E-state index is 0.0273. The fourth-order valence-corrected chi connectivity index (χ4v) is 5.20. The number of aryl methyl sites for hydroxylation is 1. The van der Waals surface area contributed by atoms with Crippen LogP contribution in [0.15, 0.2) is 46.7 Å². The van der Waals surface area contributed by atoms with Crippen LogP contribution in [0, 0.1) is 0 Å². The molecule has 0 aliphatic rings. The Hall–Kier alpha value is -2.16. The van der Waals surface area contributed by atoms with Gasteiger partial charge in [-0.2, -0.15) is 0 Å². The van der Waals surface area contributed by atoms with Gasteiger partial charge in [0.25, 0.3) is 5.91 Å². The highest BCUT2D eigenvalue weighted by molar-refractivity contribution is 7.89. The number of benzene rings is 1. The van der Waals surface area contributed by atoms with E-state index in [0.717, 1.165) is 28.6 Å². The van der Waals surface area contributed by atoms with E-state index in [4.69, 9.17) is 0 Å². The van der Waals surface area contributed by atoms with Crippen molar-refractivity contribution in [2.45, 2.75) is 44.2 Å². The maximum absolute atomic E-state index is 13.1. The lowest BCUT2D eigenvalue weighted by Crippen LogP contribution is -2.29. The van der Waals surface area contributed by atoms with Crippen molar-refractivity contribution < 1.29 is 13.2 Å². The first-order valence-electron chi connectivity index (χ1n) is 9.69. The average molecular weight is 434 g/mol. The molecule has 6 nitrogen and oxygen atoms in total. The molecule has 0 radical (unpaired) electrons. The van der Waals surface area contributed by atoms with E-state index in [2.05, 4.69) is 12.2 Å². The summed E-state index contributed by atoms with van der Waals surface area (Å²) in [6.45, 7) is 4.69. The van der Waals surface area contributed by atoms with E-state index in [9.17, 15) is 13.2 Å². The molecule has 8 heteroatoms. The molecule has 0 spiro atoms. The molecule has 1 aromatic carbocycles. The average Bonchev–Trinajstić information content (AvgIpc) is 3.34. The Balaban J connectivity index is 1.99. The van der Waals surface area contributed by atoms with Crippen LogP contribution >= 0.6 is 11.3 Å². The smallest absolute Gasteiger partial charge is 0.268 e. The van der Waals surface area contributed by atoms with Gasteiger partial charge in [0.1, 0.15) is 5.69 Å². The summed E-state index contributed by atoms with van der Waals surface area (Å²) in [7, 11) is -0.514. The molecular weight excluding hydrogens is 406 g/mol. The number of carbonyl (C=O) groups is 1. The molecule has 2 aromatic heterocycles. The van der Waals surface area contributed by atoms with Crippen molar-refractivity contribution in [3.05, 3.63) is 52.3 Å². The standard InChI is InChI=1S/C21H27N3O3S2/c1-5-8-17(20-9-7-12-28-20)22-21(25)19-14-15-13-16(29(26,27)23(3)4)10-11-18(15)24(19)6-2/h7,9-14,17H,5-6,8H2,1-4H3,(H,22,25)/t17-/m1/s1. The molecule has 3 aromatic rings. The highest BCUT2D eigenvalue weighted by Crippen LogP contribution is 2.27. The highest BCUT2D eigenvalue weighted by atomic mass is 32.2. The predicted molar refractivity (Wildman–Crippen MR) is 118 cm³/mol. The summed E-state index contributed by atoms with van der Waals surface area (Å²) in [5.41, 5.74) is 1.39. The zero-order valence-electron chi connectivity index (χ0n) is 17.2. The van der Waals surface area contributed by atoms with Crippen molar-refractivity contribution in [3.8, 4) is 0 Å². The Labute approximate surface area is 176 Å². The van der Waals surface area contributed by atoms with Crippen LogP contribution in [0.3, 0.4) is 0 Å². The third-order valence-electron chi connectivity index (χ3n) is 4.97. The number of fused-ring (bicyclic) bond motifs is 1. The predicted octanol–water partition coefficient (Wildman–Crippen LogP) is 4.24. The van der Waals surface area contributed by atoms with Crippen LogP contribution in [0.5, 0.6) is 0 Å². The molecule has 0 saturated carbocycles. The summed E-state index contributed by atoms with van der Waals surface area (Å²) < 4.78 is 28.0. The molecule has 156 valence electrons. The number of amides is 1. The Morgan fingerprint density at radius 1 is 1.21 bits per heavy atom. The van der Waals surface area contributed by atoms with Gasteiger partial charge < -0.3 is 9.88 Å². The van der Waals surface area contributed by atoms with Crippen LogP contribution in [0.1, 0.15) is 48.1 Å². The first kappa shape index (κ1) is 21.5. The lowest BCUT2D eigenvalue weighted by atomic mass is 10.1. The van der Waals surface area contributed by atoms with Gasteiger partial charge in [-0.25, -0.2) is 12.7 Å². The first-order chi connectivity index (χ1) is 13.8. The molecule has 0 saturated heterocycles. The van der Waals surface area contributed by atoms with Crippen LogP contribution in [0.2, 0.25) is 0 Å². The van der Waals surface area contributed by atoms with Gasteiger partial charge in [0, 0.05) is 36.4 Å². The third kappa shape index (κ3) is 4.24. The maximum Gasteiger partial charge on any atom is 0.268 e. The van der Waals surface area contributed by atoms with Gasteiger partial charge in [0.2, 0.25) is 10.0 Å². The highest BCUT2D eigenvalue weighted by Gasteiger charge is 2.22. The number of carbonyl (C=O) groups excluding carboxylic acids is 1. The molecule has 3 rings (SSSR count). The molecule has 0 aliphatic carbocycles. The third-order valence-corrected chi connectivity index (χ3v) is 7.77. The largest absolute Gasteiger partial charge is 0.343 e. The fraction of sp³-hybridized carbons (Fsp3) is 0.381. The zero-order chi connectivity index (χ0) is 21.2. The SMILES string of the molecule is CCC[C@@H](NC(=O)c1cc2cc(S(=O)(=O)N(C)C)ccc2n1CC)c1cccs1. The van der Waals surface area contributed by atoms with E-state index in [0.29, 0.717) is 12.2 Å². The van der Waals surface area contributed by atoms with Gasteiger partial charge in [0.15, 0.2) is 0 Å². The van der Waals surface area contributed by atoms with Crippen molar-refractivity contribution in [2.24, 2.45) is 0 Å². The van der Waals surface area contributed by atoms with Crippen molar-refractivity contribution >= 4 is 38.2 Å². The Bertz CT molecular complexity index is 1100. The Morgan fingerprint density at radius 2 is 1.97 bits per heavy atom. The first-order valence-corrected chi connectivity index (χ1v) is 12.0. The van der Waals surface area contributed by atoms with E-state index in [1.165, 1.54) is 18.4 Å². The normalized spacial score (nSPS) is 13.1. The molecule has 0 unspecified atom stereocenters. The van der Waals surface area contributed by atoms with E-state index in [1.54, 1.807) is 35.6 Å². The van der Waals surface area contributed by atoms with Crippen molar-refractivity contribution in [1.82, 2.24) is 14.2 Å². The molecule has 0 bridgehead atoms. The minimum atomic E-state index is -3.53. The van der Waals surface area contributed by atoms with E-state index in [-0.39, 0.29) is 16.8 Å². The van der Waals surface area contributed by atoms with Gasteiger partial charge in [-0.3, -0.25) is 4.79 Å². The number of aromatic nitrogens is 1. The zero-order valence-corrected chi connectivity index (χ0v) is 18.8. The van der Waals surface area contributed by atoms with E-state index < -0.39 is 10.0 Å². The number of thiophene rings is 1. The number of hydrogen-bond donors (Lipinski definition) is 1. The molecule has 1 N–H and O–H groups in total. The van der Waals surface area contributed by atoms with Gasteiger partial charge >= 0.3 is 0 Å². The maximum atomic E-state index is 13.1. The second kappa shape index (κ2) is 8.69. The number of rotatable bonds is 8. The summed E-state index contributed by atoms with van der Waals surface area (Å²) in [6.07, 6.45) is 1.83. The topological polar surface area (TPSA) is 71.4 Å².